The third-order valence-corrected chi connectivity index (χ3v) is 5.34. The Hall–Kier alpha value is -3.40. The zero-order chi connectivity index (χ0) is 19.1. The average molecular weight is 369 g/mol. The van der Waals surface area contributed by atoms with Gasteiger partial charge in [0.25, 0.3) is 0 Å². The van der Waals surface area contributed by atoms with E-state index in [2.05, 4.69) is 47.1 Å². The van der Waals surface area contributed by atoms with Gasteiger partial charge in [0.1, 0.15) is 5.82 Å². The number of para-hydroxylation sites is 2. The van der Waals surface area contributed by atoms with E-state index in [0.29, 0.717) is 5.56 Å². The van der Waals surface area contributed by atoms with Crippen LogP contribution in [0.3, 0.4) is 0 Å². The second kappa shape index (κ2) is 6.64. The lowest BCUT2D eigenvalue weighted by Crippen LogP contribution is -2.20. The van der Waals surface area contributed by atoms with Gasteiger partial charge in [-0.25, -0.2) is 9.37 Å². The molecule has 1 aliphatic rings. The molecule has 5 rings (SSSR count). The van der Waals surface area contributed by atoms with Gasteiger partial charge >= 0.3 is 0 Å². The molecule has 3 nitrogen and oxygen atoms in total. The van der Waals surface area contributed by atoms with Crippen LogP contribution < -0.4 is 5.32 Å². The summed E-state index contributed by atoms with van der Waals surface area (Å²) in [5.74, 6) is 0.515. The van der Waals surface area contributed by atoms with Crippen LogP contribution in [0.15, 0.2) is 78.9 Å². The Kier molecular flexibility index (Phi) is 3.97. The molecule has 4 aromatic rings. The lowest BCUT2D eigenvalue weighted by atomic mass is 10.00. The van der Waals surface area contributed by atoms with E-state index in [1.807, 2.05) is 36.4 Å². The molecule has 0 amide bonds. The van der Waals surface area contributed by atoms with Crippen LogP contribution in [-0.2, 0) is 6.42 Å². The van der Waals surface area contributed by atoms with Crippen LogP contribution in [0.1, 0.15) is 29.7 Å². The number of hydrogen-bond acceptors (Lipinski definition) is 2. The van der Waals surface area contributed by atoms with Gasteiger partial charge in [-0.3, -0.25) is 4.57 Å². The number of hydrogen-bond donors (Lipinski definition) is 1. The Bertz CT molecular complexity index is 1190. The van der Waals surface area contributed by atoms with Crippen molar-refractivity contribution in [2.45, 2.75) is 19.4 Å². The van der Waals surface area contributed by atoms with Gasteiger partial charge < -0.3 is 5.32 Å². The highest BCUT2D eigenvalue weighted by atomic mass is 19.1. The minimum absolute atomic E-state index is 0.213. The molecule has 138 valence electrons. The number of aromatic nitrogens is 2. The van der Waals surface area contributed by atoms with Gasteiger partial charge in [0.15, 0.2) is 0 Å². The first-order valence-corrected chi connectivity index (χ1v) is 9.54. The molecule has 0 radical (unpaired) electrons. The number of anilines is 1. The number of nitrogens with zero attached hydrogens (tertiary/aromatic N) is 2. The van der Waals surface area contributed by atoms with Crippen molar-refractivity contribution in [3.63, 3.8) is 0 Å². The van der Waals surface area contributed by atoms with E-state index in [-0.39, 0.29) is 11.9 Å². The maximum absolute atomic E-state index is 14.7. The molecule has 0 bridgehead atoms. The highest BCUT2D eigenvalue weighted by Crippen LogP contribution is 2.37. The predicted octanol–water partition coefficient (Wildman–Crippen LogP) is 5.79. The first kappa shape index (κ1) is 16.8. The first-order chi connectivity index (χ1) is 13.7. The fraction of sp³-hybridized carbons (Fsp3) is 0.125. The summed E-state index contributed by atoms with van der Waals surface area (Å²) in [5.41, 5.74) is 5.81. The van der Waals surface area contributed by atoms with Crippen LogP contribution in [-0.4, -0.2) is 9.55 Å². The lowest BCUT2D eigenvalue weighted by Gasteiger charge is -2.27. The SMILES string of the molecule is CCc1ccc(C2=C[C@H](c3ccccc3F)n3c(nc4ccccc43)N2)cc1. The molecule has 28 heavy (non-hydrogen) atoms. The second-order valence-electron chi connectivity index (χ2n) is 7.02. The van der Waals surface area contributed by atoms with E-state index in [9.17, 15) is 4.39 Å². The average Bonchev–Trinajstić information content (AvgIpc) is 3.12. The quantitative estimate of drug-likeness (QED) is 0.495. The summed E-state index contributed by atoms with van der Waals surface area (Å²) >= 11 is 0. The molecular weight excluding hydrogens is 349 g/mol. The Balaban J connectivity index is 1.70. The molecule has 0 aliphatic carbocycles. The van der Waals surface area contributed by atoms with E-state index < -0.39 is 0 Å². The molecule has 0 spiro atoms. The Morgan fingerprint density at radius 1 is 0.964 bits per heavy atom. The first-order valence-electron chi connectivity index (χ1n) is 9.54. The Morgan fingerprint density at radius 2 is 1.71 bits per heavy atom. The third-order valence-electron chi connectivity index (χ3n) is 5.34. The Labute approximate surface area is 163 Å². The van der Waals surface area contributed by atoms with Gasteiger partial charge in [0.05, 0.1) is 17.1 Å². The topological polar surface area (TPSA) is 29.9 Å². The van der Waals surface area contributed by atoms with Crippen LogP contribution >= 0.6 is 0 Å². The maximum atomic E-state index is 14.7. The van der Waals surface area contributed by atoms with Gasteiger partial charge in [-0.1, -0.05) is 61.5 Å². The summed E-state index contributed by atoms with van der Waals surface area (Å²) in [4.78, 5) is 4.76. The molecule has 1 aliphatic heterocycles. The molecule has 0 unspecified atom stereocenters. The van der Waals surface area contributed by atoms with Gasteiger partial charge in [-0.15, -0.1) is 0 Å². The maximum Gasteiger partial charge on any atom is 0.209 e. The molecule has 0 saturated heterocycles. The number of imidazole rings is 1. The summed E-state index contributed by atoms with van der Waals surface area (Å²) in [6, 6.07) is 23.1. The number of halogens is 1. The molecule has 4 heteroatoms. The lowest BCUT2D eigenvalue weighted by molar-refractivity contribution is 0.583. The van der Waals surface area contributed by atoms with E-state index in [1.54, 1.807) is 6.07 Å². The summed E-state index contributed by atoms with van der Waals surface area (Å²) in [6.07, 6.45) is 3.08. The molecule has 1 atom stereocenters. The largest absolute Gasteiger partial charge is 0.325 e. The van der Waals surface area contributed by atoms with E-state index in [1.165, 1.54) is 11.6 Å². The van der Waals surface area contributed by atoms with Gasteiger partial charge in [-0.2, -0.15) is 0 Å². The third kappa shape index (κ3) is 2.69. The van der Waals surface area contributed by atoms with E-state index in [4.69, 9.17) is 4.98 Å². The number of aryl methyl sites for hydroxylation is 1. The minimum atomic E-state index is -0.272. The van der Waals surface area contributed by atoms with Crippen LogP contribution in [0.25, 0.3) is 16.7 Å². The number of allylic oxidation sites excluding steroid dienone is 1. The monoisotopic (exact) mass is 369 g/mol. The van der Waals surface area contributed by atoms with E-state index in [0.717, 1.165) is 34.7 Å². The molecule has 1 aromatic heterocycles. The summed E-state index contributed by atoms with van der Waals surface area (Å²) in [5, 5.41) is 3.45. The fourth-order valence-electron chi connectivity index (χ4n) is 3.84. The van der Waals surface area contributed by atoms with E-state index >= 15 is 0 Å². The highest BCUT2D eigenvalue weighted by Gasteiger charge is 2.26. The normalized spacial score (nSPS) is 15.8. The summed E-state index contributed by atoms with van der Waals surface area (Å²) in [6.45, 7) is 2.14. The highest BCUT2D eigenvalue weighted by molar-refractivity contribution is 5.85. The second-order valence-corrected chi connectivity index (χ2v) is 7.02. The van der Waals surface area contributed by atoms with Crippen LogP contribution in [0.5, 0.6) is 0 Å². The number of fused-ring (bicyclic) bond motifs is 3. The zero-order valence-electron chi connectivity index (χ0n) is 15.6. The zero-order valence-corrected chi connectivity index (χ0v) is 15.6. The Morgan fingerprint density at radius 3 is 2.50 bits per heavy atom. The summed E-state index contributed by atoms with van der Waals surface area (Å²) < 4.78 is 16.8. The molecular formula is C24H20FN3. The van der Waals surface area contributed by atoms with Crippen molar-refractivity contribution >= 4 is 22.7 Å². The van der Waals surface area contributed by atoms with Crippen LogP contribution in [0, 0.1) is 5.82 Å². The number of rotatable bonds is 3. The van der Waals surface area contributed by atoms with Crippen molar-refractivity contribution in [2.24, 2.45) is 0 Å². The van der Waals surface area contributed by atoms with Crippen molar-refractivity contribution in [2.75, 3.05) is 5.32 Å². The predicted molar refractivity (Wildman–Crippen MR) is 112 cm³/mol. The van der Waals surface area contributed by atoms with Gasteiger partial charge in [0, 0.05) is 11.3 Å². The fourth-order valence-corrected chi connectivity index (χ4v) is 3.84. The molecule has 3 aromatic carbocycles. The summed E-state index contributed by atoms with van der Waals surface area (Å²) in [7, 11) is 0. The van der Waals surface area contributed by atoms with Gasteiger partial charge in [0.2, 0.25) is 5.95 Å². The van der Waals surface area contributed by atoms with Crippen molar-refractivity contribution in [3.05, 3.63) is 101 Å². The van der Waals surface area contributed by atoms with Crippen molar-refractivity contribution < 1.29 is 4.39 Å². The van der Waals surface area contributed by atoms with Crippen molar-refractivity contribution in [3.8, 4) is 0 Å². The smallest absolute Gasteiger partial charge is 0.209 e. The van der Waals surface area contributed by atoms with Crippen molar-refractivity contribution in [1.29, 1.82) is 0 Å². The van der Waals surface area contributed by atoms with Gasteiger partial charge in [-0.05, 0) is 41.8 Å². The van der Waals surface area contributed by atoms with Crippen molar-refractivity contribution in [1.82, 2.24) is 9.55 Å². The molecule has 2 heterocycles. The van der Waals surface area contributed by atoms with Crippen LogP contribution in [0.2, 0.25) is 0 Å². The number of nitrogens with one attached hydrogen (secondary N) is 1. The molecule has 0 saturated carbocycles. The minimum Gasteiger partial charge on any atom is -0.325 e. The molecule has 0 fully saturated rings. The van der Waals surface area contributed by atoms with Crippen LogP contribution in [0.4, 0.5) is 10.3 Å². The molecule has 1 N–H and O–H groups in total. The standard InChI is InChI=1S/C24H20FN3/c1-2-16-11-13-17(14-12-16)21-15-23(18-7-3-4-8-19(18)25)28-22-10-6-5-9-20(22)26-24(28)27-21/h3-15,23H,2H2,1H3,(H,26,27)/t23-/m1/s1. The number of benzene rings is 3.